The standard InChI is InChI=1S/C14H17FN2O3/c1-9(16-8-18)11-7-10(15)5-6-12(11)17-13(19)20-14(2,3)4/h5-7,9H,1-4H3,(H,17,19). The third-order valence-electron chi connectivity index (χ3n) is 2.35. The topological polar surface area (TPSA) is 67.8 Å². The molecule has 5 nitrogen and oxygen atoms in total. The molecule has 1 amide bonds. The number of carbonyl (C=O) groups is 1. The van der Waals surface area contributed by atoms with E-state index < -0.39 is 23.6 Å². The maximum absolute atomic E-state index is 13.3. The average Bonchev–Trinajstić information content (AvgIpc) is 2.29. The molecule has 1 N–H and O–H groups in total. The monoisotopic (exact) mass is 280 g/mol. The molecule has 0 spiro atoms. The molecule has 1 aromatic rings. The fourth-order valence-corrected chi connectivity index (χ4v) is 1.56. The van der Waals surface area contributed by atoms with Crippen LogP contribution in [-0.2, 0) is 9.53 Å². The fraction of sp³-hybridized carbons (Fsp3) is 0.429. The Hall–Kier alpha value is -2.20. The molecule has 108 valence electrons. The Morgan fingerprint density at radius 2 is 2.10 bits per heavy atom. The summed E-state index contributed by atoms with van der Waals surface area (Å²) in [6, 6.07) is 3.19. The third-order valence-corrected chi connectivity index (χ3v) is 2.35. The summed E-state index contributed by atoms with van der Waals surface area (Å²) in [4.78, 5) is 25.5. The van der Waals surface area contributed by atoms with Gasteiger partial charge in [-0.3, -0.25) is 5.32 Å². The molecule has 1 aromatic carbocycles. The summed E-state index contributed by atoms with van der Waals surface area (Å²) >= 11 is 0. The van der Waals surface area contributed by atoms with E-state index in [2.05, 4.69) is 10.3 Å². The van der Waals surface area contributed by atoms with Crippen LogP contribution in [0.25, 0.3) is 0 Å². The van der Waals surface area contributed by atoms with Crippen molar-refractivity contribution < 1.29 is 18.7 Å². The molecular weight excluding hydrogens is 263 g/mol. The number of carbonyl (C=O) groups excluding carboxylic acids is 2. The molecule has 6 heteroatoms. The SMILES string of the molecule is CC(N=C=O)c1cc(F)ccc1NC(=O)OC(C)(C)C. The summed E-state index contributed by atoms with van der Waals surface area (Å²) in [5, 5.41) is 2.52. The first-order valence-electron chi connectivity index (χ1n) is 6.09. The van der Waals surface area contributed by atoms with Crippen LogP contribution >= 0.6 is 0 Å². The highest BCUT2D eigenvalue weighted by atomic mass is 19.1. The molecular formula is C14H17FN2O3. The van der Waals surface area contributed by atoms with Crippen molar-refractivity contribution in [2.45, 2.75) is 39.3 Å². The molecule has 0 aliphatic heterocycles. The Kier molecular flexibility index (Phi) is 5.00. The number of benzene rings is 1. The molecule has 1 atom stereocenters. The van der Waals surface area contributed by atoms with E-state index in [0.717, 1.165) is 0 Å². The third kappa shape index (κ3) is 4.82. The second-order valence-corrected chi connectivity index (χ2v) is 5.25. The quantitative estimate of drug-likeness (QED) is 0.679. The van der Waals surface area contributed by atoms with Gasteiger partial charge in [-0.25, -0.2) is 14.0 Å². The maximum atomic E-state index is 13.3. The van der Waals surface area contributed by atoms with Crippen molar-refractivity contribution >= 4 is 17.9 Å². The first kappa shape index (κ1) is 15.9. The van der Waals surface area contributed by atoms with E-state index in [1.165, 1.54) is 24.3 Å². The Labute approximate surface area is 116 Å². The number of ether oxygens (including phenoxy) is 1. The normalized spacial score (nSPS) is 12.2. The highest BCUT2D eigenvalue weighted by Crippen LogP contribution is 2.26. The van der Waals surface area contributed by atoms with E-state index in [1.807, 2.05) is 0 Å². The zero-order valence-corrected chi connectivity index (χ0v) is 11.9. The lowest BCUT2D eigenvalue weighted by Crippen LogP contribution is -2.27. The Morgan fingerprint density at radius 1 is 1.45 bits per heavy atom. The van der Waals surface area contributed by atoms with Gasteiger partial charge in [0.05, 0.1) is 6.04 Å². The Bertz CT molecular complexity index is 546. The molecule has 0 bridgehead atoms. The number of rotatable bonds is 3. The van der Waals surface area contributed by atoms with Gasteiger partial charge in [0.25, 0.3) is 0 Å². The molecule has 0 aliphatic carbocycles. The van der Waals surface area contributed by atoms with Crippen molar-refractivity contribution in [1.82, 2.24) is 0 Å². The molecule has 20 heavy (non-hydrogen) atoms. The summed E-state index contributed by atoms with van der Waals surface area (Å²) in [5.74, 6) is -0.484. The minimum Gasteiger partial charge on any atom is -0.444 e. The number of hydrogen-bond acceptors (Lipinski definition) is 4. The van der Waals surface area contributed by atoms with Crippen LogP contribution in [0, 0.1) is 5.82 Å². The summed E-state index contributed by atoms with van der Waals surface area (Å²) in [7, 11) is 0. The van der Waals surface area contributed by atoms with Gasteiger partial charge in [-0.05, 0) is 45.9 Å². The average molecular weight is 280 g/mol. The largest absolute Gasteiger partial charge is 0.444 e. The lowest BCUT2D eigenvalue weighted by molar-refractivity contribution is 0.0635. The summed E-state index contributed by atoms with van der Waals surface area (Å²) in [6.45, 7) is 6.80. The van der Waals surface area contributed by atoms with E-state index in [-0.39, 0.29) is 0 Å². The Morgan fingerprint density at radius 3 is 2.65 bits per heavy atom. The number of isocyanates is 1. The van der Waals surface area contributed by atoms with Crippen LogP contribution in [-0.4, -0.2) is 17.8 Å². The van der Waals surface area contributed by atoms with E-state index in [4.69, 9.17) is 4.74 Å². The van der Waals surface area contributed by atoms with Crippen LogP contribution in [0.1, 0.15) is 39.3 Å². The summed E-state index contributed by atoms with van der Waals surface area (Å²) in [5.41, 5.74) is 0.0722. The smallest absolute Gasteiger partial charge is 0.412 e. The molecule has 0 fully saturated rings. The first-order valence-corrected chi connectivity index (χ1v) is 6.09. The second kappa shape index (κ2) is 6.30. The van der Waals surface area contributed by atoms with Gasteiger partial charge in [-0.15, -0.1) is 0 Å². The fourth-order valence-electron chi connectivity index (χ4n) is 1.56. The van der Waals surface area contributed by atoms with E-state index >= 15 is 0 Å². The van der Waals surface area contributed by atoms with Crippen molar-refractivity contribution in [3.63, 3.8) is 0 Å². The molecule has 0 radical (unpaired) electrons. The van der Waals surface area contributed by atoms with Crippen LogP contribution in [0.2, 0.25) is 0 Å². The highest BCUT2D eigenvalue weighted by Gasteiger charge is 2.18. The molecule has 0 saturated carbocycles. The predicted molar refractivity (Wildman–Crippen MR) is 72.8 cm³/mol. The van der Waals surface area contributed by atoms with Crippen molar-refractivity contribution in [2.75, 3.05) is 5.32 Å². The summed E-state index contributed by atoms with van der Waals surface area (Å²) < 4.78 is 18.4. The number of anilines is 1. The Balaban J connectivity index is 3.00. The van der Waals surface area contributed by atoms with Crippen molar-refractivity contribution in [2.24, 2.45) is 4.99 Å². The van der Waals surface area contributed by atoms with Gasteiger partial charge in [0, 0.05) is 11.3 Å². The van der Waals surface area contributed by atoms with Crippen LogP contribution in [0.15, 0.2) is 23.2 Å². The molecule has 0 aromatic heterocycles. The number of halogens is 1. The van der Waals surface area contributed by atoms with Gasteiger partial charge >= 0.3 is 6.09 Å². The van der Waals surface area contributed by atoms with Crippen LogP contribution in [0.5, 0.6) is 0 Å². The van der Waals surface area contributed by atoms with Gasteiger partial charge in [0.1, 0.15) is 11.4 Å². The number of amides is 1. The molecule has 0 heterocycles. The number of aliphatic imine (C=N–C) groups is 1. The molecule has 0 aliphatic rings. The first-order chi connectivity index (χ1) is 9.23. The zero-order chi connectivity index (χ0) is 15.3. The maximum Gasteiger partial charge on any atom is 0.412 e. The van der Waals surface area contributed by atoms with Gasteiger partial charge in [0.2, 0.25) is 6.08 Å². The van der Waals surface area contributed by atoms with Crippen LogP contribution in [0.3, 0.4) is 0 Å². The van der Waals surface area contributed by atoms with E-state index in [9.17, 15) is 14.0 Å². The minimum absolute atomic E-state index is 0.340. The lowest BCUT2D eigenvalue weighted by Gasteiger charge is -2.21. The van der Waals surface area contributed by atoms with Crippen molar-refractivity contribution in [3.05, 3.63) is 29.6 Å². The molecule has 0 saturated heterocycles. The van der Waals surface area contributed by atoms with Crippen LogP contribution < -0.4 is 5.32 Å². The van der Waals surface area contributed by atoms with Gasteiger partial charge in [0.15, 0.2) is 0 Å². The van der Waals surface area contributed by atoms with Gasteiger partial charge < -0.3 is 4.74 Å². The summed E-state index contributed by atoms with van der Waals surface area (Å²) in [6.07, 6.45) is 0.753. The zero-order valence-electron chi connectivity index (χ0n) is 11.9. The van der Waals surface area contributed by atoms with E-state index in [1.54, 1.807) is 27.7 Å². The lowest BCUT2D eigenvalue weighted by atomic mass is 10.1. The highest BCUT2D eigenvalue weighted by molar-refractivity contribution is 5.86. The van der Waals surface area contributed by atoms with Crippen molar-refractivity contribution in [3.8, 4) is 0 Å². The van der Waals surface area contributed by atoms with Crippen LogP contribution in [0.4, 0.5) is 14.9 Å². The predicted octanol–water partition coefficient (Wildman–Crippen LogP) is 3.57. The number of nitrogens with one attached hydrogen (secondary N) is 1. The second-order valence-electron chi connectivity index (χ2n) is 5.25. The van der Waals surface area contributed by atoms with Crippen molar-refractivity contribution in [1.29, 1.82) is 0 Å². The molecule has 1 rings (SSSR count). The number of hydrogen-bond donors (Lipinski definition) is 1. The molecule has 1 unspecified atom stereocenters. The van der Waals surface area contributed by atoms with E-state index in [0.29, 0.717) is 11.3 Å². The number of nitrogens with zero attached hydrogens (tertiary/aromatic N) is 1. The minimum atomic E-state index is -0.660. The van der Waals surface area contributed by atoms with Gasteiger partial charge in [-0.2, -0.15) is 4.99 Å². The van der Waals surface area contributed by atoms with Gasteiger partial charge in [-0.1, -0.05) is 0 Å².